The van der Waals surface area contributed by atoms with Gasteiger partial charge in [0.25, 0.3) is 0 Å². The molecule has 0 radical (unpaired) electrons. The molecule has 4 saturated carbocycles. The maximum absolute atomic E-state index is 12.6. The number of rotatable bonds is 6. The molecule has 1 aromatic rings. The molecule has 0 aliphatic heterocycles. The van der Waals surface area contributed by atoms with Gasteiger partial charge < -0.3 is 15.5 Å². The molecule has 1 aromatic carbocycles. The van der Waals surface area contributed by atoms with Gasteiger partial charge in [-0.05, 0) is 110 Å². The molecule has 0 spiro atoms. The van der Waals surface area contributed by atoms with Crippen LogP contribution in [0.1, 0.15) is 90.5 Å². The molecule has 3 N–H and O–H groups in total. The minimum atomic E-state index is -0.217. The van der Waals surface area contributed by atoms with Crippen LogP contribution in [0.3, 0.4) is 0 Å². The zero-order chi connectivity index (χ0) is 24.8. The molecular formula is C31H47NO3. The van der Waals surface area contributed by atoms with Crippen LogP contribution in [-0.4, -0.2) is 28.3 Å². The SMILES string of the molecule is C[C@H](CCC(=O)NCc1ccccc1)[C@H]1CC[C@H]2[C@@H]3[C@@H](O)C[C@@H]4C[C@H](O)CC[C@]4(C)[C@H]3CC[C@]12C. The normalized spacial score (nSPS) is 43.5. The Morgan fingerprint density at radius 3 is 2.49 bits per heavy atom. The summed E-state index contributed by atoms with van der Waals surface area (Å²) >= 11 is 0. The average molecular weight is 482 g/mol. The highest BCUT2D eigenvalue weighted by Gasteiger charge is 2.62. The van der Waals surface area contributed by atoms with E-state index in [4.69, 9.17) is 0 Å². The molecule has 5 rings (SSSR count). The Kier molecular flexibility index (Phi) is 7.09. The molecule has 4 nitrogen and oxygen atoms in total. The maximum Gasteiger partial charge on any atom is 0.220 e. The van der Waals surface area contributed by atoms with Crippen LogP contribution in [0.4, 0.5) is 0 Å². The first-order valence-electron chi connectivity index (χ1n) is 14.4. The van der Waals surface area contributed by atoms with E-state index in [1.54, 1.807) is 0 Å². The Bertz CT molecular complexity index is 888. The van der Waals surface area contributed by atoms with Crippen molar-refractivity contribution in [2.45, 2.75) is 104 Å². The summed E-state index contributed by atoms with van der Waals surface area (Å²) in [5, 5.41) is 24.8. The number of carbonyl (C=O) groups is 1. The van der Waals surface area contributed by atoms with Gasteiger partial charge in [-0.25, -0.2) is 0 Å². The lowest BCUT2D eigenvalue weighted by Crippen LogP contribution is -2.58. The van der Waals surface area contributed by atoms with Crippen molar-refractivity contribution in [2.75, 3.05) is 0 Å². The van der Waals surface area contributed by atoms with Gasteiger partial charge in [-0.2, -0.15) is 0 Å². The van der Waals surface area contributed by atoms with E-state index in [1.165, 1.54) is 25.7 Å². The van der Waals surface area contributed by atoms with Gasteiger partial charge in [-0.15, -0.1) is 0 Å². The predicted molar refractivity (Wildman–Crippen MR) is 139 cm³/mol. The van der Waals surface area contributed by atoms with Gasteiger partial charge in [0, 0.05) is 13.0 Å². The molecule has 35 heavy (non-hydrogen) atoms. The minimum Gasteiger partial charge on any atom is -0.393 e. The quantitative estimate of drug-likeness (QED) is 0.487. The van der Waals surface area contributed by atoms with Crippen molar-refractivity contribution < 1.29 is 15.0 Å². The maximum atomic E-state index is 12.6. The molecule has 0 heterocycles. The zero-order valence-corrected chi connectivity index (χ0v) is 22.1. The summed E-state index contributed by atoms with van der Waals surface area (Å²) in [6, 6.07) is 10.1. The van der Waals surface area contributed by atoms with E-state index in [9.17, 15) is 15.0 Å². The molecule has 4 aliphatic rings. The first-order chi connectivity index (χ1) is 16.7. The molecule has 4 aliphatic carbocycles. The molecule has 0 aromatic heterocycles. The van der Waals surface area contributed by atoms with Crippen LogP contribution in [0.2, 0.25) is 0 Å². The Balaban J connectivity index is 1.21. The number of nitrogens with one attached hydrogen (secondary N) is 1. The first-order valence-corrected chi connectivity index (χ1v) is 14.4. The van der Waals surface area contributed by atoms with E-state index in [0.717, 1.165) is 37.7 Å². The zero-order valence-electron chi connectivity index (χ0n) is 22.1. The monoisotopic (exact) mass is 481 g/mol. The van der Waals surface area contributed by atoms with Gasteiger partial charge >= 0.3 is 0 Å². The van der Waals surface area contributed by atoms with Gasteiger partial charge in [0.1, 0.15) is 0 Å². The number of aliphatic hydroxyl groups is 2. The molecule has 0 bridgehead atoms. The fourth-order valence-electron chi connectivity index (χ4n) is 9.62. The number of fused-ring (bicyclic) bond motifs is 5. The highest BCUT2D eigenvalue weighted by molar-refractivity contribution is 5.75. The van der Waals surface area contributed by atoms with E-state index in [0.29, 0.717) is 48.5 Å². The first kappa shape index (κ1) is 25.3. The van der Waals surface area contributed by atoms with Gasteiger partial charge in [0.15, 0.2) is 0 Å². The molecule has 0 saturated heterocycles. The fraction of sp³-hybridized carbons (Fsp3) is 0.774. The van der Waals surface area contributed by atoms with E-state index in [1.807, 2.05) is 18.2 Å². The summed E-state index contributed by atoms with van der Waals surface area (Å²) in [6.45, 7) is 7.98. The summed E-state index contributed by atoms with van der Waals surface area (Å²) in [5.74, 6) is 3.40. The summed E-state index contributed by atoms with van der Waals surface area (Å²) in [6.07, 6.45) is 9.91. The number of hydrogen-bond acceptors (Lipinski definition) is 3. The highest BCUT2D eigenvalue weighted by Crippen LogP contribution is 2.68. The van der Waals surface area contributed by atoms with Crippen molar-refractivity contribution in [1.82, 2.24) is 5.32 Å². The van der Waals surface area contributed by atoms with Crippen molar-refractivity contribution in [1.29, 1.82) is 0 Å². The van der Waals surface area contributed by atoms with Crippen LogP contribution in [0, 0.1) is 46.3 Å². The number of aliphatic hydroxyl groups excluding tert-OH is 2. The lowest BCUT2D eigenvalue weighted by molar-refractivity contribution is -0.174. The van der Waals surface area contributed by atoms with E-state index >= 15 is 0 Å². The number of benzene rings is 1. The van der Waals surface area contributed by atoms with Crippen LogP contribution in [0.5, 0.6) is 0 Å². The third kappa shape index (κ3) is 4.59. The Morgan fingerprint density at radius 1 is 1.00 bits per heavy atom. The van der Waals surface area contributed by atoms with Crippen molar-refractivity contribution in [2.24, 2.45) is 46.3 Å². The van der Waals surface area contributed by atoms with Gasteiger partial charge in [0.05, 0.1) is 12.2 Å². The van der Waals surface area contributed by atoms with Crippen LogP contribution in [0.25, 0.3) is 0 Å². The summed E-state index contributed by atoms with van der Waals surface area (Å²) < 4.78 is 0. The highest BCUT2D eigenvalue weighted by atomic mass is 16.3. The second-order valence-electron chi connectivity index (χ2n) is 13.2. The van der Waals surface area contributed by atoms with Gasteiger partial charge in [0.2, 0.25) is 5.91 Å². The van der Waals surface area contributed by atoms with E-state index in [-0.39, 0.29) is 28.9 Å². The van der Waals surface area contributed by atoms with E-state index in [2.05, 4.69) is 38.2 Å². The Labute approximate surface area is 212 Å². The molecule has 194 valence electrons. The molecule has 10 atom stereocenters. The third-order valence-electron chi connectivity index (χ3n) is 11.6. The number of carbonyl (C=O) groups excluding carboxylic acids is 1. The summed E-state index contributed by atoms with van der Waals surface area (Å²) in [7, 11) is 0. The predicted octanol–water partition coefficient (Wildman–Crippen LogP) is 5.71. The van der Waals surface area contributed by atoms with Gasteiger partial charge in [-0.3, -0.25) is 4.79 Å². The molecule has 4 fully saturated rings. The minimum absolute atomic E-state index is 0.158. The topological polar surface area (TPSA) is 69.6 Å². The van der Waals surface area contributed by atoms with E-state index < -0.39 is 0 Å². The van der Waals surface area contributed by atoms with Crippen LogP contribution >= 0.6 is 0 Å². The molecule has 1 amide bonds. The fourth-order valence-corrected chi connectivity index (χ4v) is 9.62. The molecular weight excluding hydrogens is 434 g/mol. The second kappa shape index (κ2) is 9.82. The number of hydrogen-bond donors (Lipinski definition) is 3. The molecule has 4 heteroatoms. The van der Waals surface area contributed by atoms with Crippen molar-refractivity contribution in [3.8, 4) is 0 Å². The van der Waals surface area contributed by atoms with Crippen LogP contribution in [-0.2, 0) is 11.3 Å². The molecule has 0 unspecified atom stereocenters. The third-order valence-corrected chi connectivity index (χ3v) is 11.6. The van der Waals surface area contributed by atoms with Crippen LogP contribution < -0.4 is 5.32 Å². The largest absolute Gasteiger partial charge is 0.393 e. The van der Waals surface area contributed by atoms with Crippen LogP contribution in [0.15, 0.2) is 30.3 Å². The van der Waals surface area contributed by atoms with Crippen molar-refractivity contribution in [3.63, 3.8) is 0 Å². The Hall–Kier alpha value is -1.39. The van der Waals surface area contributed by atoms with Gasteiger partial charge in [-0.1, -0.05) is 51.1 Å². The Morgan fingerprint density at radius 2 is 1.71 bits per heavy atom. The lowest BCUT2D eigenvalue weighted by atomic mass is 9.43. The smallest absolute Gasteiger partial charge is 0.220 e. The standard InChI is InChI=1S/C31H47NO3/c1-20(9-12-28(35)32-19-21-7-5-4-6-8-21)24-10-11-25-29-26(14-16-31(24,25)3)30(2)15-13-23(33)17-22(30)18-27(29)34/h4-8,20,22-27,29,33-34H,9-19H2,1-3H3,(H,32,35)/t20-,22+,23-,24-,25+,26+,27+,29+,30+,31-/m1/s1. The lowest BCUT2D eigenvalue weighted by Gasteiger charge is -2.62. The average Bonchev–Trinajstić information content (AvgIpc) is 3.20. The summed E-state index contributed by atoms with van der Waals surface area (Å²) in [5.41, 5.74) is 1.70. The van der Waals surface area contributed by atoms with Crippen molar-refractivity contribution >= 4 is 5.91 Å². The summed E-state index contributed by atoms with van der Waals surface area (Å²) in [4.78, 5) is 12.6. The number of amides is 1. The van der Waals surface area contributed by atoms with Crippen molar-refractivity contribution in [3.05, 3.63) is 35.9 Å². The second-order valence-corrected chi connectivity index (χ2v) is 13.2.